The van der Waals surface area contributed by atoms with Crippen molar-refractivity contribution in [3.05, 3.63) is 58.3 Å². The molecule has 0 fully saturated rings. The van der Waals surface area contributed by atoms with E-state index < -0.39 is 0 Å². The van der Waals surface area contributed by atoms with Crippen molar-refractivity contribution in [1.29, 1.82) is 0 Å². The molecule has 20 heavy (non-hydrogen) atoms. The van der Waals surface area contributed by atoms with E-state index in [1.54, 1.807) is 0 Å². The van der Waals surface area contributed by atoms with Gasteiger partial charge in [0.15, 0.2) is 6.61 Å². The van der Waals surface area contributed by atoms with Crippen molar-refractivity contribution in [3.63, 3.8) is 0 Å². The predicted octanol–water partition coefficient (Wildman–Crippen LogP) is 3.91. The monoisotopic (exact) mass is 337 g/mol. The number of nitrogens with one attached hydrogen (secondary N) is 1. The van der Waals surface area contributed by atoms with Crippen molar-refractivity contribution in [2.75, 3.05) is 11.9 Å². The van der Waals surface area contributed by atoms with Crippen LogP contribution >= 0.6 is 15.9 Å². The summed E-state index contributed by atoms with van der Waals surface area (Å²) in [5, 5.41) is 2.72. The number of rotatable bonds is 4. The van der Waals surface area contributed by atoms with Gasteiger partial charge in [0.2, 0.25) is 0 Å². The first-order chi connectivity index (χ1) is 9.54. The number of halogens is 2. The zero-order valence-electron chi connectivity index (χ0n) is 10.8. The maximum absolute atomic E-state index is 12.9. The molecule has 0 aliphatic rings. The third kappa shape index (κ3) is 4.06. The molecule has 0 aliphatic carbocycles. The number of carbonyl (C=O) groups is 1. The SMILES string of the molecule is Cc1ccc(NC(=O)COc2ccc(F)cc2Br)cc1. The lowest BCUT2D eigenvalue weighted by atomic mass is 10.2. The van der Waals surface area contributed by atoms with Gasteiger partial charge in [-0.2, -0.15) is 0 Å². The molecule has 0 bridgehead atoms. The number of anilines is 1. The summed E-state index contributed by atoms with van der Waals surface area (Å²) in [6, 6.07) is 11.5. The molecule has 0 radical (unpaired) electrons. The number of hydrogen-bond donors (Lipinski definition) is 1. The molecular weight excluding hydrogens is 325 g/mol. The fourth-order valence-corrected chi connectivity index (χ4v) is 2.03. The van der Waals surface area contributed by atoms with Crippen LogP contribution in [0.3, 0.4) is 0 Å². The topological polar surface area (TPSA) is 38.3 Å². The van der Waals surface area contributed by atoms with Crippen LogP contribution in [0, 0.1) is 12.7 Å². The Hall–Kier alpha value is -1.88. The highest BCUT2D eigenvalue weighted by atomic mass is 79.9. The smallest absolute Gasteiger partial charge is 0.262 e. The van der Waals surface area contributed by atoms with Crippen LogP contribution in [-0.4, -0.2) is 12.5 Å². The summed E-state index contributed by atoms with van der Waals surface area (Å²) in [7, 11) is 0. The van der Waals surface area contributed by atoms with Crippen molar-refractivity contribution in [1.82, 2.24) is 0 Å². The average Bonchev–Trinajstić information content (AvgIpc) is 2.40. The first kappa shape index (κ1) is 14.5. The number of amides is 1. The van der Waals surface area contributed by atoms with Crippen molar-refractivity contribution in [3.8, 4) is 5.75 Å². The van der Waals surface area contributed by atoms with Crippen LogP contribution in [0.1, 0.15) is 5.56 Å². The van der Waals surface area contributed by atoms with E-state index in [2.05, 4.69) is 21.2 Å². The Kier molecular flexibility index (Phi) is 4.74. The Labute approximate surface area is 124 Å². The van der Waals surface area contributed by atoms with Gasteiger partial charge in [-0.15, -0.1) is 0 Å². The second-order valence-electron chi connectivity index (χ2n) is 4.28. The number of benzene rings is 2. The molecule has 0 saturated heterocycles. The summed E-state index contributed by atoms with van der Waals surface area (Å²) in [4.78, 5) is 11.7. The van der Waals surface area contributed by atoms with Gasteiger partial charge in [-0.25, -0.2) is 4.39 Å². The third-order valence-electron chi connectivity index (χ3n) is 2.59. The van der Waals surface area contributed by atoms with Gasteiger partial charge >= 0.3 is 0 Å². The second kappa shape index (κ2) is 6.52. The molecule has 2 rings (SSSR count). The first-order valence-corrected chi connectivity index (χ1v) is 6.78. The fourth-order valence-electron chi connectivity index (χ4n) is 1.57. The Morgan fingerprint density at radius 2 is 1.95 bits per heavy atom. The minimum atomic E-state index is -0.367. The summed E-state index contributed by atoms with van der Waals surface area (Å²) in [6.07, 6.45) is 0. The maximum atomic E-state index is 12.9. The van der Waals surface area contributed by atoms with E-state index in [-0.39, 0.29) is 18.3 Å². The lowest BCUT2D eigenvalue weighted by molar-refractivity contribution is -0.118. The Morgan fingerprint density at radius 3 is 2.60 bits per heavy atom. The minimum Gasteiger partial charge on any atom is -0.483 e. The summed E-state index contributed by atoms with van der Waals surface area (Å²) in [6.45, 7) is 1.83. The van der Waals surface area contributed by atoms with Crippen LogP contribution in [0.4, 0.5) is 10.1 Å². The van der Waals surface area contributed by atoms with Crippen LogP contribution in [0.15, 0.2) is 46.9 Å². The predicted molar refractivity (Wildman–Crippen MR) is 79.4 cm³/mol. The average molecular weight is 338 g/mol. The normalized spacial score (nSPS) is 10.2. The molecule has 104 valence electrons. The highest BCUT2D eigenvalue weighted by Crippen LogP contribution is 2.25. The molecular formula is C15H13BrFNO2. The van der Waals surface area contributed by atoms with Crippen LogP contribution in [0.5, 0.6) is 5.75 Å². The van der Waals surface area contributed by atoms with Gasteiger partial charge in [0.25, 0.3) is 5.91 Å². The molecule has 0 heterocycles. The van der Waals surface area contributed by atoms with Gasteiger partial charge in [0, 0.05) is 5.69 Å². The summed E-state index contributed by atoms with van der Waals surface area (Å²) in [5.41, 5.74) is 1.83. The molecule has 1 amide bonds. The van der Waals surface area contributed by atoms with Crippen LogP contribution < -0.4 is 10.1 Å². The van der Waals surface area contributed by atoms with Gasteiger partial charge < -0.3 is 10.1 Å². The van der Waals surface area contributed by atoms with E-state index in [9.17, 15) is 9.18 Å². The van der Waals surface area contributed by atoms with Crippen molar-refractivity contribution >= 4 is 27.5 Å². The molecule has 0 atom stereocenters. The molecule has 0 aliphatic heterocycles. The number of carbonyl (C=O) groups excluding carboxylic acids is 1. The van der Waals surface area contributed by atoms with Gasteiger partial charge in [0.1, 0.15) is 11.6 Å². The van der Waals surface area contributed by atoms with E-state index in [4.69, 9.17) is 4.74 Å². The second-order valence-corrected chi connectivity index (χ2v) is 5.13. The Morgan fingerprint density at radius 1 is 1.25 bits per heavy atom. The lowest BCUT2D eigenvalue weighted by Gasteiger charge is -2.09. The summed E-state index contributed by atoms with van der Waals surface area (Å²) < 4.78 is 18.7. The molecule has 3 nitrogen and oxygen atoms in total. The molecule has 0 saturated carbocycles. The van der Waals surface area contributed by atoms with Crippen molar-refractivity contribution < 1.29 is 13.9 Å². The van der Waals surface area contributed by atoms with E-state index in [1.807, 2.05) is 31.2 Å². The van der Waals surface area contributed by atoms with Gasteiger partial charge in [-0.3, -0.25) is 4.79 Å². The van der Waals surface area contributed by atoms with E-state index in [1.165, 1.54) is 18.2 Å². The van der Waals surface area contributed by atoms with Crippen molar-refractivity contribution in [2.24, 2.45) is 0 Å². The zero-order chi connectivity index (χ0) is 14.5. The molecule has 1 N–H and O–H groups in total. The number of aryl methyl sites for hydroxylation is 1. The first-order valence-electron chi connectivity index (χ1n) is 5.99. The highest BCUT2D eigenvalue weighted by Gasteiger charge is 2.07. The molecule has 2 aromatic carbocycles. The highest BCUT2D eigenvalue weighted by molar-refractivity contribution is 9.10. The van der Waals surface area contributed by atoms with Crippen LogP contribution in [-0.2, 0) is 4.79 Å². The Bertz CT molecular complexity index is 614. The fraction of sp³-hybridized carbons (Fsp3) is 0.133. The van der Waals surface area contributed by atoms with Crippen LogP contribution in [0.25, 0.3) is 0 Å². The quantitative estimate of drug-likeness (QED) is 0.918. The molecule has 2 aromatic rings. The Balaban J connectivity index is 1.90. The van der Waals surface area contributed by atoms with E-state index in [0.29, 0.717) is 15.9 Å². The molecule has 0 unspecified atom stereocenters. The van der Waals surface area contributed by atoms with E-state index >= 15 is 0 Å². The zero-order valence-corrected chi connectivity index (χ0v) is 12.4. The molecule has 5 heteroatoms. The van der Waals surface area contributed by atoms with Gasteiger partial charge in [-0.05, 0) is 53.2 Å². The number of hydrogen-bond acceptors (Lipinski definition) is 2. The standard InChI is InChI=1S/C15H13BrFNO2/c1-10-2-5-12(6-3-10)18-15(19)9-20-14-7-4-11(17)8-13(14)16/h2-8H,9H2,1H3,(H,18,19). The molecule has 0 spiro atoms. The lowest BCUT2D eigenvalue weighted by Crippen LogP contribution is -2.20. The summed E-state index contributed by atoms with van der Waals surface area (Å²) in [5.74, 6) is -0.219. The maximum Gasteiger partial charge on any atom is 0.262 e. The van der Waals surface area contributed by atoms with Crippen molar-refractivity contribution in [2.45, 2.75) is 6.92 Å². The third-order valence-corrected chi connectivity index (χ3v) is 3.21. The molecule has 0 aromatic heterocycles. The van der Waals surface area contributed by atoms with Gasteiger partial charge in [0.05, 0.1) is 4.47 Å². The largest absolute Gasteiger partial charge is 0.483 e. The minimum absolute atomic E-state index is 0.141. The summed E-state index contributed by atoms with van der Waals surface area (Å²) >= 11 is 3.18. The number of ether oxygens (including phenoxy) is 1. The van der Waals surface area contributed by atoms with Crippen LogP contribution in [0.2, 0.25) is 0 Å². The van der Waals surface area contributed by atoms with E-state index in [0.717, 1.165) is 5.56 Å². The van der Waals surface area contributed by atoms with Gasteiger partial charge in [-0.1, -0.05) is 17.7 Å².